The van der Waals surface area contributed by atoms with E-state index in [-0.39, 0.29) is 28.7 Å². The number of halogens is 3. The zero-order valence-electron chi connectivity index (χ0n) is 11.7. The Bertz CT molecular complexity index is 617. The first kappa shape index (κ1) is 15.3. The maximum atomic E-state index is 12.8. The van der Waals surface area contributed by atoms with Crippen molar-refractivity contribution in [3.63, 3.8) is 0 Å². The summed E-state index contributed by atoms with van der Waals surface area (Å²) in [6.45, 7) is 0. The molecule has 1 heterocycles. The summed E-state index contributed by atoms with van der Waals surface area (Å²) in [5.41, 5.74) is -0.618. The number of carbonyl (C=O) groups excluding carboxylic acids is 1. The summed E-state index contributed by atoms with van der Waals surface area (Å²) in [7, 11) is 0. The van der Waals surface area contributed by atoms with E-state index in [1.54, 1.807) is 0 Å². The number of nitrogens with zero attached hydrogens (tertiary/aromatic N) is 1. The normalized spacial score (nSPS) is 25.7. The van der Waals surface area contributed by atoms with Crippen LogP contribution in [0.2, 0.25) is 0 Å². The van der Waals surface area contributed by atoms with Gasteiger partial charge in [0.25, 0.3) is 0 Å². The molecule has 1 aliphatic carbocycles. The number of carbonyl (C=O) groups is 1. The van der Waals surface area contributed by atoms with Crippen LogP contribution in [0.3, 0.4) is 0 Å². The van der Waals surface area contributed by atoms with Crippen molar-refractivity contribution in [3.05, 3.63) is 29.8 Å². The SMILES string of the molecule is O=C1C2CCCCC2NC(=S)N1c1cccc(C(F)(F)F)c1. The molecule has 1 saturated carbocycles. The first-order valence-electron chi connectivity index (χ1n) is 7.19. The van der Waals surface area contributed by atoms with Crippen molar-refractivity contribution in [1.29, 1.82) is 0 Å². The van der Waals surface area contributed by atoms with Gasteiger partial charge in [0.1, 0.15) is 0 Å². The van der Waals surface area contributed by atoms with Crippen LogP contribution in [-0.4, -0.2) is 17.1 Å². The molecule has 1 N–H and O–H groups in total. The summed E-state index contributed by atoms with van der Waals surface area (Å²) < 4.78 is 38.5. The average Bonchev–Trinajstić information content (AvgIpc) is 2.47. The fourth-order valence-corrected chi connectivity index (χ4v) is 3.50. The van der Waals surface area contributed by atoms with E-state index >= 15 is 0 Å². The summed E-state index contributed by atoms with van der Waals surface area (Å²) >= 11 is 5.20. The van der Waals surface area contributed by atoms with Crippen molar-refractivity contribution < 1.29 is 18.0 Å². The van der Waals surface area contributed by atoms with Gasteiger partial charge < -0.3 is 5.32 Å². The number of anilines is 1. The number of amides is 1. The van der Waals surface area contributed by atoms with Crippen LogP contribution >= 0.6 is 12.2 Å². The second kappa shape index (κ2) is 5.53. The van der Waals surface area contributed by atoms with Crippen molar-refractivity contribution in [2.45, 2.75) is 37.9 Å². The number of thiocarbonyl (C=S) groups is 1. The van der Waals surface area contributed by atoms with Gasteiger partial charge in [0.05, 0.1) is 17.2 Å². The van der Waals surface area contributed by atoms with E-state index in [0.717, 1.165) is 37.8 Å². The predicted molar refractivity (Wildman–Crippen MR) is 80.4 cm³/mol. The van der Waals surface area contributed by atoms with Gasteiger partial charge in [-0.1, -0.05) is 18.9 Å². The lowest BCUT2D eigenvalue weighted by atomic mass is 9.82. The fourth-order valence-electron chi connectivity index (χ4n) is 3.15. The lowest BCUT2D eigenvalue weighted by molar-refractivity contribution is -0.137. The van der Waals surface area contributed by atoms with Crippen molar-refractivity contribution in [2.75, 3.05) is 4.90 Å². The molecule has 2 fully saturated rings. The van der Waals surface area contributed by atoms with Gasteiger partial charge in [-0.2, -0.15) is 13.2 Å². The molecular weight excluding hydrogens is 313 g/mol. The van der Waals surface area contributed by atoms with Gasteiger partial charge in [-0.05, 0) is 43.3 Å². The second-order valence-corrected chi connectivity index (χ2v) is 6.06. The van der Waals surface area contributed by atoms with Crippen LogP contribution < -0.4 is 10.2 Å². The molecule has 0 bridgehead atoms. The van der Waals surface area contributed by atoms with Crippen LogP contribution in [0.5, 0.6) is 0 Å². The second-order valence-electron chi connectivity index (χ2n) is 5.67. The molecule has 0 radical (unpaired) electrons. The first-order valence-corrected chi connectivity index (χ1v) is 7.60. The first-order chi connectivity index (χ1) is 10.4. The third kappa shape index (κ3) is 2.69. The lowest BCUT2D eigenvalue weighted by Crippen LogP contribution is -2.61. The summed E-state index contributed by atoms with van der Waals surface area (Å²) in [4.78, 5) is 13.9. The van der Waals surface area contributed by atoms with Crippen LogP contribution in [0, 0.1) is 5.92 Å². The highest BCUT2D eigenvalue weighted by Gasteiger charge is 2.41. The maximum Gasteiger partial charge on any atom is 0.416 e. The van der Waals surface area contributed by atoms with Gasteiger partial charge in [-0.3, -0.25) is 9.69 Å². The number of alkyl halides is 3. The molecule has 1 aromatic carbocycles. The molecule has 3 nitrogen and oxygen atoms in total. The molecule has 1 aromatic rings. The van der Waals surface area contributed by atoms with E-state index < -0.39 is 11.7 Å². The minimum atomic E-state index is -4.45. The van der Waals surface area contributed by atoms with Gasteiger partial charge >= 0.3 is 6.18 Å². The molecule has 1 aliphatic heterocycles. The standard InChI is InChI=1S/C15H15F3N2OS/c16-15(17,18)9-4-3-5-10(8-9)20-13(21)11-6-1-2-7-12(11)19-14(20)22/h3-5,8,11-12H,1-2,6-7H2,(H,19,22). The van der Waals surface area contributed by atoms with E-state index in [1.807, 2.05) is 0 Å². The Kier molecular flexibility index (Phi) is 3.84. The molecule has 2 aliphatic rings. The van der Waals surface area contributed by atoms with Crippen LogP contribution in [0.1, 0.15) is 31.2 Å². The molecule has 7 heteroatoms. The molecule has 118 valence electrons. The van der Waals surface area contributed by atoms with Gasteiger partial charge in [0.15, 0.2) is 5.11 Å². The molecule has 1 saturated heterocycles. The van der Waals surface area contributed by atoms with Crippen LogP contribution in [0.15, 0.2) is 24.3 Å². The van der Waals surface area contributed by atoms with Crippen molar-refractivity contribution in [2.24, 2.45) is 5.92 Å². The lowest BCUT2D eigenvalue weighted by Gasteiger charge is -2.41. The minimum Gasteiger partial charge on any atom is -0.358 e. The number of hydrogen-bond acceptors (Lipinski definition) is 2. The monoisotopic (exact) mass is 328 g/mol. The zero-order chi connectivity index (χ0) is 15.9. The Morgan fingerprint density at radius 1 is 1.23 bits per heavy atom. The van der Waals surface area contributed by atoms with Gasteiger partial charge in [-0.15, -0.1) is 0 Å². The Hall–Kier alpha value is -1.63. The third-order valence-electron chi connectivity index (χ3n) is 4.25. The molecule has 0 spiro atoms. The fraction of sp³-hybridized carbons (Fsp3) is 0.467. The average molecular weight is 328 g/mol. The number of rotatable bonds is 1. The molecule has 22 heavy (non-hydrogen) atoms. The topological polar surface area (TPSA) is 32.3 Å². The molecule has 2 unspecified atom stereocenters. The third-order valence-corrected chi connectivity index (χ3v) is 4.55. The summed E-state index contributed by atoms with van der Waals surface area (Å²) in [6.07, 6.45) is -0.843. The summed E-state index contributed by atoms with van der Waals surface area (Å²) in [5, 5.41) is 3.30. The van der Waals surface area contributed by atoms with Crippen LogP contribution in [0.4, 0.5) is 18.9 Å². The summed E-state index contributed by atoms with van der Waals surface area (Å²) in [6, 6.07) is 4.73. The maximum absolute atomic E-state index is 12.8. The Morgan fingerprint density at radius 2 is 1.95 bits per heavy atom. The van der Waals surface area contributed by atoms with Gasteiger partial charge in [0, 0.05) is 6.04 Å². The highest BCUT2D eigenvalue weighted by Crippen LogP contribution is 2.35. The van der Waals surface area contributed by atoms with Gasteiger partial charge in [-0.25, -0.2) is 0 Å². The largest absolute Gasteiger partial charge is 0.416 e. The Labute approximate surface area is 131 Å². The number of benzene rings is 1. The van der Waals surface area contributed by atoms with E-state index in [9.17, 15) is 18.0 Å². The van der Waals surface area contributed by atoms with Crippen molar-refractivity contribution in [1.82, 2.24) is 5.32 Å². The van der Waals surface area contributed by atoms with E-state index in [1.165, 1.54) is 17.0 Å². The highest BCUT2D eigenvalue weighted by molar-refractivity contribution is 7.80. The van der Waals surface area contributed by atoms with Crippen molar-refractivity contribution in [3.8, 4) is 0 Å². The van der Waals surface area contributed by atoms with Gasteiger partial charge in [0.2, 0.25) is 5.91 Å². The summed E-state index contributed by atoms with van der Waals surface area (Å²) in [5.74, 6) is -0.414. The molecular formula is C15H15F3N2OS. The highest BCUT2D eigenvalue weighted by atomic mass is 32.1. The van der Waals surface area contributed by atoms with E-state index in [4.69, 9.17) is 12.2 Å². The predicted octanol–water partition coefficient (Wildman–Crippen LogP) is 3.49. The number of fused-ring (bicyclic) bond motifs is 1. The van der Waals surface area contributed by atoms with Crippen LogP contribution in [-0.2, 0) is 11.0 Å². The Morgan fingerprint density at radius 3 is 2.68 bits per heavy atom. The number of hydrogen-bond donors (Lipinski definition) is 1. The quantitative estimate of drug-likeness (QED) is 0.801. The smallest absolute Gasteiger partial charge is 0.358 e. The van der Waals surface area contributed by atoms with Crippen molar-refractivity contribution >= 4 is 28.9 Å². The van der Waals surface area contributed by atoms with E-state index in [2.05, 4.69) is 5.32 Å². The molecule has 2 atom stereocenters. The Balaban J connectivity index is 1.93. The van der Waals surface area contributed by atoms with Crippen LogP contribution in [0.25, 0.3) is 0 Å². The van der Waals surface area contributed by atoms with E-state index in [0.29, 0.717) is 0 Å². The molecule has 0 aromatic heterocycles. The zero-order valence-corrected chi connectivity index (χ0v) is 12.5. The molecule has 1 amide bonds. The minimum absolute atomic E-state index is 0.01000. The number of nitrogens with one attached hydrogen (secondary N) is 1. The molecule has 3 rings (SSSR count).